The Morgan fingerprint density at radius 3 is 2.57 bits per heavy atom. The maximum Gasteiger partial charge on any atom is 0.235 e. The number of rotatable bonds is 2. The van der Waals surface area contributed by atoms with Crippen molar-refractivity contribution in [3.05, 3.63) is 33.8 Å². The molecule has 0 aliphatic carbocycles. The Balaban J connectivity index is 3.21. The van der Waals surface area contributed by atoms with Crippen molar-refractivity contribution in [2.45, 2.75) is 13.0 Å². The van der Waals surface area contributed by atoms with E-state index in [9.17, 15) is 13.6 Å². The third kappa shape index (κ3) is 2.25. The number of benzene rings is 1. The van der Waals surface area contributed by atoms with Gasteiger partial charge in [-0.3, -0.25) is 0 Å². The van der Waals surface area contributed by atoms with Crippen molar-refractivity contribution >= 4 is 22.0 Å². The normalized spacial score (nSPS) is 12.0. The van der Waals surface area contributed by atoms with Crippen LogP contribution < -0.4 is 0 Å². The van der Waals surface area contributed by atoms with Crippen molar-refractivity contribution in [1.82, 2.24) is 0 Å². The third-order valence-electron chi connectivity index (χ3n) is 1.74. The zero-order valence-corrected chi connectivity index (χ0v) is 8.81. The van der Waals surface area contributed by atoms with Crippen molar-refractivity contribution in [3.8, 4) is 0 Å². The Kier molecular flexibility index (Phi) is 3.49. The first kappa shape index (κ1) is 11.0. The summed E-state index contributed by atoms with van der Waals surface area (Å²) in [5, 5.41) is 0. The average Bonchev–Trinajstić information content (AvgIpc) is 2.11. The number of halogens is 3. The highest BCUT2D eigenvalue weighted by Gasteiger charge is 2.12. The van der Waals surface area contributed by atoms with Gasteiger partial charge in [0.1, 0.15) is 0 Å². The molecule has 1 atom stereocenters. The summed E-state index contributed by atoms with van der Waals surface area (Å²) < 4.78 is 25.9. The predicted octanol–water partition coefficient (Wildman–Crippen LogP) is 3.12. The predicted molar refractivity (Wildman–Crippen MR) is 50.6 cm³/mol. The first-order valence-electron chi connectivity index (χ1n) is 3.77. The molecule has 0 N–H and O–H groups in total. The molecule has 1 unspecified atom stereocenters. The molecule has 1 aromatic rings. The summed E-state index contributed by atoms with van der Waals surface area (Å²) in [6.07, 6.45) is 1.37. The van der Waals surface area contributed by atoms with Crippen molar-refractivity contribution < 1.29 is 13.6 Å². The summed E-state index contributed by atoms with van der Waals surface area (Å²) in [5.74, 6) is -1.90. The fourth-order valence-corrected chi connectivity index (χ4v) is 1.65. The first-order chi connectivity index (χ1) is 6.56. The van der Waals surface area contributed by atoms with E-state index in [1.807, 2.05) is 0 Å². The lowest BCUT2D eigenvalue weighted by atomic mass is 10.1. The molecule has 14 heavy (non-hydrogen) atoms. The van der Waals surface area contributed by atoms with Gasteiger partial charge < -0.3 is 0 Å². The zero-order valence-electron chi connectivity index (χ0n) is 7.22. The van der Waals surface area contributed by atoms with Crippen LogP contribution in [0.3, 0.4) is 0 Å². The molecule has 0 aliphatic heterocycles. The van der Waals surface area contributed by atoms with Gasteiger partial charge in [-0.2, -0.15) is 4.99 Å². The average molecular weight is 262 g/mol. The van der Waals surface area contributed by atoms with E-state index in [4.69, 9.17) is 0 Å². The second kappa shape index (κ2) is 4.44. The van der Waals surface area contributed by atoms with Gasteiger partial charge in [-0.1, -0.05) is 15.9 Å². The molecule has 0 amide bonds. The van der Waals surface area contributed by atoms with Gasteiger partial charge in [0, 0.05) is 4.47 Å². The van der Waals surface area contributed by atoms with Crippen LogP contribution in [0.15, 0.2) is 21.6 Å². The SMILES string of the molecule is CC(N=C=O)c1cc(F)c(F)cc1Br. The van der Waals surface area contributed by atoms with Gasteiger partial charge in [0.25, 0.3) is 0 Å². The van der Waals surface area contributed by atoms with Crippen LogP contribution in [0.4, 0.5) is 8.78 Å². The molecule has 0 bridgehead atoms. The second-order valence-electron chi connectivity index (χ2n) is 2.68. The lowest BCUT2D eigenvalue weighted by Crippen LogP contribution is -1.95. The van der Waals surface area contributed by atoms with Crippen LogP contribution in [0.5, 0.6) is 0 Å². The summed E-state index contributed by atoms with van der Waals surface area (Å²) in [6, 6.07) is 1.46. The van der Waals surface area contributed by atoms with E-state index in [0.29, 0.717) is 10.0 Å². The van der Waals surface area contributed by atoms with E-state index in [-0.39, 0.29) is 0 Å². The molecule has 0 fully saturated rings. The molecule has 0 aromatic heterocycles. The summed E-state index contributed by atoms with van der Waals surface area (Å²) in [7, 11) is 0. The van der Waals surface area contributed by atoms with E-state index >= 15 is 0 Å². The Labute approximate surface area is 87.8 Å². The van der Waals surface area contributed by atoms with Crippen LogP contribution >= 0.6 is 15.9 Å². The summed E-state index contributed by atoms with van der Waals surface area (Å²) in [6.45, 7) is 1.59. The minimum absolute atomic E-state index is 0.378. The molecule has 5 heteroatoms. The molecule has 1 aromatic carbocycles. The van der Waals surface area contributed by atoms with Crippen molar-refractivity contribution in [2.24, 2.45) is 4.99 Å². The van der Waals surface area contributed by atoms with Crippen LogP contribution in [-0.4, -0.2) is 6.08 Å². The van der Waals surface area contributed by atoms with Crippen LogP contribution in [0.25, 0.3) is 0 Å². The topological polar surface area (TPSA) is 29.4 Å². The van der Waals surface area contributed by atoms with Gasteiger partial charge in [0.2, 0.25) is 6.08 Å². The number of aliphatic imine (C=N–C) groups is 1. The van der Waals surface area contributed by atoms with E-state index in [1.165, 1.54) is 6.08 Å². The molecule has 2 nitrogen and oxygen atoms in total. The van der Waals surface area contributed by atoms with Crippen molar-refractivity contribution in [1.29, 1.82) is 0 Å². The fourth-order valence-electron chi connectivity index (χ4n) is 1.01. The van der Waals surface area contributed by atoms with Gasteiger partial charge in [-0.05, 0) is 24.6 Å². The number of nitrogens with zero attached hydrogens (tertiary/aromatic N) is 1. The number of isocyanates is 1. The highest BCUT2D eigenvalue weighted by atomic mass is 79.9. The molecule has 0 spiro atoms. The zero-order chi connectivity index (χ0) is 10.7. The highest BCUT2D eigenvalue weighted by Crippen LogP contribution is 2.27. The maximum atomic E-state index is 12.8. The molecule has 0 radical (unpaired) electrons. The molecule has 1 rings (SSSR count). The summed E-state index contributed by atoms with van der Waals surface area (Å²) in [4.78, 5) is 13.4. The number of hydrogen-bond donors (Lipinski definition) is 0. The fraction of sp³-hybridized carbons (Fsp3) is 0.222. The van der Waals surface area contributed by atoms with E-state index < -0.39 is 17.7 Å². The lowest BCUT2D eigenvalue weighted by molar-refractivity contribution is 0.504. The molecule has 0 saturated carbocycles. The number of hydrogen-bond acceptors (Lipinski definition) is 2. The third-order valence-corrected chi connectivity index (χ3v) is 2.42. The van der Waals surface area contributed by atoms with Crippen LogP contribution in [0.1, 0.15) is 18.5 Å². The van der Waals surface area contributed by atoms with Gasteiger partial charge in [0.05, 0.1) is 6.04 Å². The highest BCUT2D eigenvalue weighted by molar-refractivity contribution is 9.10. The Morgan fingerprint density at radius 1 is 1.43 bits per heavy atom. The molecule has 0 heterocycles. The summed E-state index contributed by atoms with van der Waals surface area (Å²) in [5.41, 5.74) is 0.409. The second-order valence-corrected chi connectivity index (χ2v) is 3.54. The van der Waals surface area contributed by atoms with Crippen LogP contribution in [0, 0.1) is 11.6 Å². The monoisotopic (exact) mass is 261 g/mol. The maximum absolute atomic E-state index is 12.8. The standard InChI is InChI=1S/C9H6BrF2NO/c1-5(13-4-14)6-2-8(11)9(12)3-7(6)10/h2-3,5H,1H3. The Morgan fingerprint density at radius 2 is 2.00 bits per heavy atom. The van der Waals surface area contributed by atoms with Gasteiger partial charge >= 0.3 is 0 Å². The first-order valence-corrected chi connectivity index (χ1v) is 4.57. The Hall–Kier alpha value is -1.06. The minimum Gasteiger partial charge on any atom is -0.211 e. The van der Waals surface area contributed by atoms with Gasteiger partial charge in [-0.15, -0.1) is 0 Å². The molecular formula is C9H6BrF2NO. The Bertz CT molecular complexity index is 402. The largest absolute Gasteiger partial charge is 0.235 e. The van der Waals surface area contributed by atoms with E-state index in [1.54, 1.807) is 6.92 Å². The lowest BCUT2D eigenvalue weighted by Gasteiger charge is -2.07. The summed E-state index contributed by atoms with van der Waals surface area (Å²) >= 11 is 3.06. The van der Waals surface area contributed by atoms with E-state index in [2.05, 4.69) is 20.9 Å². The smallest absolute Gasteiger partial charge is 0.211 e. The quantitative estimate of drug-likeness (QED) is 0.457. The molecule has 0 saturated heterocycles. The van der Waals surface area contributed by atoms with E-state index in [0.717, 1.165) is 12.1 Å². The van der Waals surface area contributed by atoms with Crippen molar-refractivity contribution in [3.63, 3.8) is 0 Å². The van der Waals surface area contributed by atoms with Crippen LogP contribution in [0.2, 0.25) is 0 Å². The van der Waals surface area contributed by atoms with Gasteiger partial charge in [0.15, 0.2) is 11.6 Å². The van der Waals surface area contributed by atoms with Gasteiger partial charge in [-0.25, -0.2) is 13.6 Å². The van der Waals surface area contributed by atoms with Crippen molar-refractivity contribution in [2.75, 3.05) is 0 Å². The molecular weight excluding hydrogens is 256 g/mol. The molecule has 0 aliphatic rings. The van der Waals surface area contributed by atoms with Crippen LogP contribution in [-0.2, 0) is 4.79 Å². The molecule has 74 valence electrons. The number of carbonyl (C=O) groups excluding carboxylic acids is 1. The minimum atomic E-state index is -0.962.